The molecule has 6 rings (SSSR count). The van der Waals surface area contributed by atoms with Crippen molar-refractivity contribution in [3.05, 3.63) is 128 Å². The van der Waals surface area contributed by atoms with Gasteiger partial charge in [0.1, 0.15) is 47.3 Å². The second-order valence-electron chi connectivity index (χ2n) is 21.0. The largest absolute Gasteiger partial charge is 0.491 e. The topological polar surface area (TPSA) is 173 Å². The molecule has 4 atom stereocenters. The Morgan fingerprint density at radius 1 is 0.767 bits per heavy atom. The average molecular weight is 1050 g/mol. The van der Waals surface area contributed by atoms with Crippen LogP contribution in [0.4, 0.5) is 8.78 Å². The molecule has 1 aliphatic heterocycles. The molecule has 1 heterocycles. The molecule has 0 bridgehead atoms. The number of nitrogens with zero attached hydrogens (tertiary/aromatic N) is 2. The first-order valence-corrected chi connectivity index (χ1v) is 25.3. The summed E-state index contributed by atoms with van der Waals surface area (Å²) in [5.41, 5.74) is -1.11. The molecular formula is C56H67Cl2F2N5O8. The van der Waals surface area contributed by atoms with Crippen LogP contribution < -0.4 is 25.4 Å². The second kappa shape index (κ2) is 24.8. The number of carbonyl (C=O) groups is 2. The molecule has 1 saturated carbocycles. The van der Waals surface area contributed by atoms with E-state index in [0.717, 1.165) is 0 Å². The Labute approximate surface area is 438 Å². The van der Waals surface area contributed by atoms with Gasteiger partial charge in [-0.15, -0.1) is 0 Å². The van der Waals surface area contributed by atoms with E-state index in [0.29, 0.717) is 85.9 Å². The number of halogens is 4. The highest BCUT2D eigenvalue weighted by atomic mass is 35.5. The van der Waals surface area contributed by atoms with Crippen LogP contribution in [0.2, 0.25) is 10.0 Å². The fourth-order valence-electron chi connectivity index (χ4n) is 10.5. The number of benzene rings is 4. The molecule has 1 aliphatic carbocycles. The van der Waals surface area contributed by atoms with Gasteiger partial charge in [0, 0.05) is 52.6 Å². The standard InChI is InChI=1S/C56H67Cl2F2N5O8/c1-35-12-19-41(44(59)30-35)56(34-62)45(32-53(2,3)4)64-48(46(56)40-10-9-11-42(57)47(40)60)50(67)63-20-21-68-22-23-69-24-25-70-26-27-71-28-29-72-38-16-13-36(14-17-38)49(66)65-51-54(5,6)52(55(51,7)8)73-39-18-15-37(33-61)43(58)31-39/h9-19,30-31,45-46,48,51-52,64H,20-29,32H2,1-8H3,(H,63,67)(H,65,66)/t45-,46-,48+,51?,52?,56-/m0/s1. The van der Waals surface area contributed by atoms with Crippen LogP contribution in [0.15, 0.2) is 78.9 Å². The van der Waals surface area contributed by atoms with E-state index in [-0.39, 0.29) is 70.2 Å². The van der Waals surface area contributed by atoms with E-state index in [9.17, 15) is 20.1 Å². The summed E-state index contributed by atoms with van der Waals surface area (Å²) in [5, 5.41) is 29.8. The molecule has 392 valence electrons. The average Bonchev–Trinajstić information content (AvgIpc) is 3.65. The summed E-state index contributed by atoms with van der Waals surface area (Å²) < 4.78 is 66.6. The zero-order chi connectivity index (χ0) is 53.1. The molecular weight excluding hydrogens is 980 g/mol. The van der Waals surface area contributed by atoms with E-state index in [4.69, 9.17) is 51.6 Å². The number of aryl methyl sites for hydroxylation is 1. The van der Waals surface area contributed by atoms with Crippen LogP contribution in [0.5, 0.6) is 11.5 Å². The maximum absolute atomic E-state index is 16.0. The van der Waals surface area contributed by atoms with Crippen LogP contribution >= 0.6 is 23.2 Å². The van der Waals surface area contributed by atoms with Crippen LogP contribution in [-0.4, -0.2) is 102 Å². The van der Waals surface area contributed by atoms with Gasteiger partial charge in [0.2, 0.25) is 5.91 Å². The lowest BCUT2D eigenvalue weighted by Crippen LogP contribution is -2.74. The summed E-state index contributed by atoms with van der Waals surface area (Å²) in [6.45, 7) is 18.9. The van der Waals surface area contributed by atoms with Gasteiger partial charge in [0.05, 0.1) is 80.6 Å². The van der Waals surface area contributed by atoms with Crippen molar-refractivity contribution >= 4 is 35.0 Å². The lowest BCUT2D eigenvalue weighted by atomic mass is 9.49. The number of carbonyl (C=O) groups excluding carboxylic acids is 2. The van der Waals surface area contributed by atoms with Crippen molar-refractivity contribution in [1.29, 1.82) is 10.5 Å². The number of nitriles is 2. The Kier molecular flexibility index (Phi) is 19.3. The van der Waals surface area contributed by atoms with Gasteiger partial charge in [0.15, 0.2) is 0 Å². The van der Waals surface area contributed by atoms with Crippen molar-refractivity contribution in [2.45, 2.75) is 97.4 Å². The quantitative estimate of drug-likeness (QED) is 0.0571. The third-order valence-corrected chi connectivity index (χ3v) is 14.2. The maximum atomic E-state index is 16.0. The van der Waals surface area contributed by atoms with Gasteiger partial charge in [-0.05, 0) is 78.4 Å². The van der Waals surface area contributed by atoms with E-state index < -0.39 is 41.0 Å². The fourth-order valence-corrected chi connectivity index (χ4v) is 10.9. The molecule has 0 radical (unpaired) electrons. The number of hydrogen-bond acceptors (Lipinski definition) is 11. The van der Waals surface area contributed by atoms with Crippen LogP contribution in [0.25, 0.3) is 0 Å². The zero-order valence-electron chi connectivity index (χ0n) is 42.8. The first-order valence-electron chi connectivity index (χ1n) is 24.5. The molecule has 4 aromatic rings. The van der Waals surface area contributed by atoms with E-state index in [1.165, 1.54) is 18.2 Å². The molecule has 2 aliphatic rings. The Hall–Kier alpha value is -5.36. The van der Waals surface area contributed by atoms with Crippen LogP contribution in [0, 0.1) is 57.5 Å². The Morgan fingerprint density at radius 2 is 1.37 bits per heavy atom. The van der Waals surface area contributed by atoms with Gasteiger partial charge >= 0.3 is 0 Å². The van der Waals surface area contributed by atoms with Gasteiger partial charge in [-0.3, -0.25) is 9.59 Å². The van der Waals surface area contributed by atoms with Crippen molar-refractivity contribution in [3.63, 3.8) is 0 Å². The molecule has 0 spiro atoms. The predicted octanol–water partition coefficient (Wildman–Crippen LogP) is 9.65. The lowest BCUT2D eigenvalue weighted by Gasteiger charge is -2.63. The number of nitrogens with one attached hydrogen (secondary N) is 3. The first kappa shape index (κ1) is 56.9. The molecule has 13 nitrogen and oxygen atoms in total. The minimum absolute atomic E-state index is 0.0488. The molecule has 3 N–H and O–H groups in total. The molecule has 0 unspecified atom stereocenters. The van der Waals surface area contributed by atoms with Gasteiger partial charge in [0.25, 0.3) is 5.91 Å². The molecule has 4 aromatic carbocycles. The summed E-state index contributed by atoms with van der Waals surface area (Å²) in [6, 6.07) is 23.5. The molecule has 17 heteroatoms. The number of rotatable bonds is 24. The smallest absolute Gasteiger partial charge is 0.251 e. The summed E-state index contributed by atoms with van der Waals surface area (Å²) in [6.07, 6.45) is 0.171. The highest BCUT2D eigenvalue weighted by molar-refractivity contribution is 6.32. The van der Waals surface area contributed by atoms with Crippen molar-refractivity contribution in [3.8, 4) is 23.6 Å². The van der Waals surface area contributed by atoms with Gasteiger partial charge in [-0.1, -0.05) is 95.9 Å². The van der Waals surface area contributed by atoms with E-state index >= 15 is 8.78 Å². The minimum Gasteiger partial charge on any atom is -0.491 e. The summed E-state index contributed by atoms with van der Waals surface area (Å²) in [5.74, 6) is -2.00. The van der Waals surface area contributed by atoms with Crippen LogP contribution in [0.1, 0.15) is 93.4 Å². The molecule has 1 saturated heterocycles. The Morgan fingerprint density at radius 3 is 1.95 bits per heavy atom. The number of hydrogen-bond donors (Lipinski definition) is 3. The van der Waals surface area contributed by atoms with Crippen molar-refractivity contribution < 1.29 is 46.8 Å². The molecule has 73 heavy (non-hydrogen) atoms. The molecule has 2 fully saturated rings. The normalized spacial score (nSPS) is 21.9. The highest BCUT2D eigenvalue weighted by Crippen LogP contribution is 2.56. The van der Waals surface area contributed by atoms with Gasteiger partial charge in [-0.2, -0.15) is 10.5 Å². The number of amides is 2. The van der Waals surface area contributed by atoms with E-state index in [1.807, 2.05) is 20.8 Å². The van der Waals surface area contributed by atoms with Crippen LogP contribution in [-0.2, 0) is 29.2 Å². The molecule has 0 aromatic heterocycles. The van der Waals surface area contributed by atoms with Gasteiger partial charge < -0.3 is 44.4 Å². The monoisotopic (exact) mass is 1050 g/mol. The van der Waals surface area contributed by atoms with E-state index in [2.05, 4.69) is 55.8 Å². The predicted molar refractivity (Wildman–Crippen MR) is 275 cm³/mol. The first-order chi connectivity index (χ1) is 34.6. The maximum Gasteiger partial charge on any atom is 0.251 e. The third kappa shape index (κ3) is 13.5. The highest BCUT2D eigenvalue weighted by Gasteiger charge is 2.64. The SMILES string of the molecule is Cc1ccc([C@@]2(C#N)[C@H](CC(C)(C)C)N[C@@H](C(=O)NCCOCCOCCOCCOCCOc3ccc(C(=O)NC4C(C)(C)C(Oc5ccc(C#N)c(Cl)c5)C4(C)C)cc3)[C@@H]2c2cccc(Cl)c2F)c(F)c1. The van der Waals surface area contributed by atoms with Crippen LogP contribution in [0.3, 0.4) is 0 Å². The Balaban J connectivity index is 0.840. The van der Waals surface area contributed by atoms with Crippen molar-refractivity contribution in [1.82, 2.24) is 16.0 Å². The zero-order valence-corrected chi connectivity index (χ0v) is 44.4. The summed E-state index contributed by atoms with van der Waals surface area (Å²) in [4.78, 5) is 27.3. The minimum atomic E-state index is -1.67. The Bertz CT molecular complexity index is 2620. The third-order valence-electron chi connectivity index (χ3n) is 13.6. The number of ether oxygens (including phenoxy) is 6. The second-order valence-corrected chi connectivity index (χ2v) is 21.8. The fraction of sp³-hybridized carbons (Fsp3) is 0.500. The van der Waals surface area contributed by atoms with Crippen molar-refractivity contribution in [2.24, 2.45) is 16.2 Å². The van der Waals surface area contributed by atoms with Crippen molar-refractivity contribution in [2.75, 3.05) is 66.0 Å². The van der Waals surface area contributed by atoms with E-state index in [1.54, 1.807) is 67.6 Å². The summed E-state index contributed by atoms with van der Waals surface area (Å²) >= 11 is 12.5. The van der Waals surface area contributed by atoms with Gasteiger partial charge in [-0.25, -0.2) is 8.78 Å². The summed E-state index contributed by atoms with van der Waals surface area (Å²) in [7, 11) is 0. The molecule has 2 amide bonds. The lowest BCUT2D eigenvalue weighted by molar-refractivity contribution is -0.164.